The molecule has 6 heteroatoms. The molecule has 0 bridgehead atoms. The van der Waals surface area contributed by atoms with Crippen molar-refractivity contribution in [3.8, 4) is 22.4 Å². The summed E-state index contributed by atoms with van der Waals surface area (Å²) in [4.78, 5) is 8.88. The Hall–Kier alpha value is -2.60. The van der Waals surface area contributed by atoms with E-state index in [0.717, 1.165) is 39.1 Å². The Bertz CT molecular complexity index is 982. The summed E-state index contributed by atoms with van der Waals surface area (Å²) >= 11 is 1.42. The van der Waals surface area contributed by atoms with Crippen molar-refractivity contribution in [3.63, 3.8) is 0 Å². The average Bonchev–Trinajstić information content (AvgIpc) is 3.23. The Morgan fingerprint density at radius 1 is 1.08 bits per heavy atom. The van der Waals surface area contributed by atoms with E-state index in [9.17, 15) is 0 Å². The minimum Gasteiger partial charge on any atom is -0.279 e. The highest BCUT2D eigenvalue weighted by Gasteiger charge is 2.24. The fourth-order valence-electron chi connectivity index (χ4n) is 2.80. The highest BCUT2D eigenvalue weighted by atomic mass is 32.1. The minimum atomic E-state index is -0.0519. The molecule has 0 aromatic carbocycles. The average molecular weight is 335 g/mol. The number of nitrogens with zero attached hydrogens (tertiary/aromatic N) is 4. The third-order valence-electron chi connectivity index (χ3n) is 3.99. The zero-order chi connectivity index (χ0) is 16.7. The van der Waals surface area contributed by atoms with Crippen molar-refractivity contribution in [2.45, 2.75) is 26.2 Å². The van der Waals surface area contributed by atoms with Crippen LogP contribution in [0.4, 0.5) is 0 Å². The van der Waals surface area contributed by atoms with E-state index >= 15 is 0 Å². The van der Waals surface area contributed by atoms with Crippen LogP contribution in [0.25, 0.3) is 33.4 Å². The van der Waals surface area contributed by atoms with Crippen LogP contribution in [-0.2, 0) is 5.41 Å². The van der Waals surface area contributed by atoms with Gasteiger partial charge in [0.05, 0.1) is 23.0 Å². The Morgan fingerprint density at radius 2 is 1.88 bits per heavy atom. The first kappa shape index (κ1) is 15.0. The SMILES string of the molecule is CC(C)(C)c1[nH]nc2nc(-c3cnsc3)cc(-c3ccncc3)c12. The molecule has 24 heavy (non-hydrogen) atoms. The second-order valence-electron chi connectivity index (χ2n) is 6.75. The zero-order valence-corrected chi connectivity index (χ0v) is 14.6. The van der Waals surface area contributed by atoms with Crippen molar-refractivity contribution < 1.29 is 0 Å². The molecular formula is C18H17N5S. The van der Waals surface area contributed by atoms with E-state index < -0.39 is 0 Å². The van der Waals surface area contributed by atoms with Gasteiger partial charge in [0.1, 0.15) is 0 Å². The monoisotopic (exact) mass is 335 g/mol. The predicted molar refractivity (Wildman–Crippen MR) is 96.9 cm³/mol. The second-order valence-corrected chi connectivity index (χ2v) is 7.41. The lowest BCUT2D eigenvalue weighted by Crippen LogP contribution is -2.12. The first-order valence-corrected chi connectivity index (χ1v) is 8.57. The van der Waals surface area contributed by atoms with E-state index in [-0.39, 0.29) is 5.41 Å². The van der Waals surface area contributed by atoms with Crippen LogP contribution in [0.1, 0.15) is 26.5 Å². The number of H-pyrrole nitrogens is 1. The molecule has 0 aliphatic heterocycles. The highest BCUT2D eigenvalue weighted by Crippen LogP contribution is 2.37. The van der Waals surface area contributed by atoms with Crippen molar-refractivity contribution in [1.82, 2.24) is 24.5 Å². The van der Waals surface area contributed by atoms with Crippen molar-refractivity contribution in [1.29, 1.82) is 0 Å². The molecule has 4 rings (SSSR count). The first-order chi connectivity index (χ1) is 11.5. The molecule has 0 saturated carbocycles. The Balaban J connectivity index is 2.06. The molecule has 0 saturated heterocycles. The molecule has 4 heterocycles. The van der Waals surface area contributed by atoms with Crippen LogP contribution in [0.3, 0.4) is 0 Å². The van der Waals surface area contributed by atoms with Crippen LogP contribution >= 0.6 is 11.5 Å². The lowest BCUT2D eigenvalue weighted by atomic mass is 9.88. The summed E-state index contributed by atoms with van der Waals surface area (Å²) in [6.07, 6.45) is 5.46. The van der Waals surface area contributed by atoms with Gasteiger partial charge in [-0.2, -0.15) is 5.10 Å². The van der Waals surface area contributed by atoms with Crippen molar-refractivity contribution in [2.24, 2.45) is 0 Å². The van der Waals surface area contributed by atoms with E-state index in [1.807, 2.05) is 36.1 Å². The molecule has 4 aromatic heterocycles. The van der Waals surface area contributed by atoms with E-state index in [0.29, 0.717) is 0 Å². The van der Waals surface area contributed by atoms with Crippen molar-refractivity contribution in [2.75, 3.05) is 0 Å². The van der Waals surface area contributed by atoms with Gasteiger partial charge in [0.25, 0.3) is 0 Å². The summed E-state index contributed by atoms with van der Waals surface area (Å²) in [5.74, 6) is 0. The number of aromatic nitrogens is 5. The van der Waals surface area contributed by atoms with E-state index in [1.165, 1.54) is 11.5 Å². The summed E-state index contributed by atoms with van der Waals surface area (Å²) in [5, 5.41) is 10.7. The van der Waals surface area contributed by atoms with Gasteiger partial charge >= 0.3 is 0 Å². The summed E-state index contributed by atoms with van der Waals surface area (Å²) in [5.41, 5.74) is 5.88. The lowest BCUT2D eigenvalue weighted by molar-refractivity contribution is 0.571. The predicted octanol–water partition coefficient (Wildman–Crippen LogP) is 4.44. The molecule has 5 nitrogen and oxygen atoms in total. The molecule has 1 N–H and O–H groups in total. The van der Waals surface area contributed by atoms with Gasteiger partial charge in [0.2, 0.25) is 0 Å². The van der Waals surface area contributed by atoms with Gasteiger partial charge in [-0.1, -0.05) is 20.8 Å². The van der Waals surface area contributed by atoms with Gasteiger partial charge in [0.15, 0.2) is 5.65 Å². The third-order valence-corrected chi connectivity index (χ3v) is 4.58. The summed E-state index contributed by atoms with van der Waals surface area (Å²) in [6, 6.07) is 6.15. The van der Waals surface area contributed by atoms with Gasteiger partial charge in [-0.05, 0) is 40.9 Å². The summed E-state index contributed by atoms with van der Waals surface area (Å²) in [7, 11) is 0. The third kappa shape index (κ3) is 2.49. The summed E-state index contributed by atoms with van der Waals surface area (Å²) < 4.78 is 4.19. The fraction of sp³-hybridized carbons (Fsp3) is 0.222. The normalized spacial score (nSPS) is 12.0. The van der Waals surface area contributed by atoms with Crippen molar-refractivity contribution in [3.05, 3.63) is 47.9 Å². The number of fused-ring (bicyclic) bond motifs is 1. The number of nitrogens with one attached hydrogen (secondary N) is 1. The quantitative estimate of drug-likeness (QED) is 0.588. The van der Waals surface area contributed by atoms with Crippen LogP contribution in [0.2, 0.25) is 0 Å². The van der Waals surface area contributed by atoms with Crippen LogP contribution < -0.4 is 0 Å². The number of hydrogen-bond donors (Lipinski definition) is 1. The molecular weight excluding hydrogens is 318 g/mol. The Labute approximate surface area is 144 Å². The standard InChI is InChI=1S/C18H17N5S/c1-18(2,3)16-15-13(11-4-6-19-7-5-11)8-14(12-9-20-24-10-12)21-17(15)23-22-16/h4-10H,1-3H3,(H,21,22,23). The van der Waals surface area contributed by atoms with Crippen LogP contribution in [-0.4, -0.2) is 24.5 Å². The molecule has 0 unspecified atom stereocenters. The first-order valence-electron chi connectivity index (χ1n) is 7.74. The number of rotatable bonds is 2. The molecule has 4 aromatic rings. The van der Waals surface area contributed by atoms with Gasteiger partial charge in [-0.25, -0.2) is 9.36 Å². The van der Waals surface area contributed by atoms with Gasteiger partial charge in [-0.15, -0.1) is 0 Å². The van der Waals surface area contributed by atoms with Crippen LogP contribution in [0.15, 0.2) is 42.2 Å². The lowest BCUT2D eigenvalue weighted by Gasteiger charge is -2.18. The molecule has 120 valence electrons. The number of aromatic amines is 1. The zero-order valence-electron chi connectivity index (χ0n) is 13.7. The van der Waals surface area contributed by atoms with Gasteiger partial charge < -0.3 is 0 Å². The molecule has 0 spiro atoms. The van der Waals surface area contributed by atoms with E-state index in [1.54, 1.807) is 0 Å². The van der Waals surface area contributed by atoms with E-state index in [4.69, 9.17) is 4.98 Å². The second kappa shape index (κ2) is 5.49. The Morgan fingerprint density at radius 3 is 2.54 bits per heavy atom. The van der Waals surface area contributed by atoms with Gasteiger partial charge in [0, 0.05) is 28.8 Å². The van der Waals surface area contributed by atoms with Crippen molar-refractivity contribution >= 4 is 22.6 Å². The molecule has 0 atom stereocenters. The number of pyridine rings is 2. The van der Waals surface area contributed by atoms with Gasteiger partial charge in [-0.3, -0.25) is 10.1 Å². The smallest absolute Gasteiger partial charge is 0.182 e. The molecule has 0 aliphatic carbocycles. The van der Waals surface area contributed by atoms with E-state index in [2.05, 4.69) is 46.4 Å². The maximum Gasteiger partial charge on any atom is 0.182 e. The topological polar surface area (TPSA) is 67.3 Å². The molecule has 0 aliphatic rings. The fourth-order valence-corrected chi connectivity index (χ4v) is 3.34. The summed E-state index contributed by atoms with van der Waals surface area (Å²) in [6.45, 7) is 6.52. The Kier molecular flexibility index (Phi) is 3.42. The maximum absolute atomic E-state index is 4.75. The number of hydrogen-bond acceptors (Lipinski definition) is 5. The molecule has 0 amide bonds. The molecule has 0 radical (unpaired) electrons. The minimum absolute atomic E-state index is 0.0519. The highest BCUT2D eigenvalue weighted by molar-refractivity contribution is 7.03. The molecule has 0 fully saturated rings. The largest absolute Gasteiger partial charge is 0.279 e. The van der Waals surface area contributed by atoms with Crippen LogP contribution in [0.5, 0.6) is 0 Å². The van der Waals surface area contributed by atoms with Crippen LogP contribution in [0, 0.1) is 0 Å². The maximum atomic E-state index is 4.75.